The Balaban J connectivity index is 2.24. The molecule has 0 unspecified atom stereocenters. The molecule has 2 rings (SSSR count). The predicted molar refractivity (Wildman–Crippen MR) is 56.3 cm³/mol. The van der Waals surface area contributed by atoms with E-state index in [0.29, 0.717) is 0 Å². The van der Waals surface area contributed by atoms with E-state index in [-0.39, 0.29) is 11.5 Å². The summed E-state index contributed by atoms with van der Waals surface area (Å²) in [6.45, 7) is 3.32. The zero-order valence-corrected chi connectivity index (χ0v) is 8.79. The minimum Gasteiger partial charge on any atom is -0.339 e. The molecule has 0 N–H and O–H groups in total. The molecule has 1 aromatic rings. The topological polar surface area (TPSA) is 20.3 Å². The van der Waals surface area contributed by atoms with Crippen LogP contribution in [0.4, 0.5) is 4.39 Å². The van der Waals surface area contributed by atoms with Crippen molar-refractivity contribution in [2.45, 2.75) is 19.8 Å². The van der Waals surface area contributed by atoms with E-state index in [4.69, 9.17) is 0 Å². The Morgan fingerprint density at radius 2 is 2.00 bits per heavy atom. The van der Waals surface area contributed by atoms with Crippen LogP contribution in [0.1, 0.15) is 28.8 Å². The van der Waals surface area contributed by atoms with Crippen LogP contribution in [0.3, 0.4) is 0 Å². The number of aryl methyl sites for hydroxylation is 1. The Kier molecular flexibility index (Phi) is 2.71. The molecule has 0 saturated carbocycles. The minimum atomic E-state index is -0.410. The van der Waals surface area contributed by atoms with E-state index in [1.165, 1.54) is 6.07 Å². The van der Waals surface area contributed by atoms with E-state index < -0.39 is 5.82 Å². The second-order valence-electron chi connectivity index (χ2n) is 3.98. The molecule has 1 aliphatic heterocycles. The summed E-state index contributed by atoms with van der Waals surface area (Å²) >= 11 is 0. The standard InChI is InChI=1S/C12H14FNO/c1-9-4-5-10(11(13)8-9)12(15)14-6-2-3-7-14/h4-5,8H,2-3,6-7H2,1H3. The van der Waals surface area contributed by atoms with Gasteiger partial charge in [-0.3, -0.25) is 4.79 Å². The Hall–Kier alpha value is -1.38. The number of halogens is 1. The molecule has 2 nitrogen and oxygen atoms in total. The minimum absolute atomic E-state index is 0.176. The number of hydrogen-bond acceptors (Lipinski definition) is 1. The lowest BCUT2D eigenvalue weighted by molar-refractivity contribution is 0.0788. The van der Waals surface area contributed by atoms with Crippen LogP contribution in [0.5, 0.6) is 0 Å². The number of amides is 1. The maximum Gasteiger partial charge on any atom is 0.256 e. The van der Waals surface area contributed by atoms with Crippen molar-refractivity contribution in [3.05, 3.63) is 35.1 Å². The lowest BCUT2D eigenvalue weighted by atomic mass is 10.1. The highest BCUT2D eigenvalue weighted by atomic mass is 19.1. The van der Waals surface area contributed by atoms with Crippen molar-refractivity contribution in [3.8, 4) is 0 Å². The number of benzene rings is 1. The van der Waals surface area contributed by atoms with Crippen LogP contribution < -0.4 is 0 Å². The quantitative estimate of drug-likeness (QED) is 0.692. The summed E-state index contributed by atoms with van der Waals surface area (Å²) in [6.07, 6.45) is 2.05. The first kappa shape index (κ1) is 10.1. The van der Waals surface area contributed by atoms with Crippen LogP contribution in [0.15, 0.2) is 18.2 Å². The molecule has 0 atom stereocenters. The monoisotopic (exact) mass is 207 g/mol. The molecule has 1 aliphatic rings. The first-order valence-electron chi connectivity index (χ1n) is 5.24. The highest BCUT2D eigenvalue weighted by Crippen LogP contribution is 2.16. The van der Waals surface area contributed by atoms with E-state index in [0.717, 1.165) is 31.5 Å². The maximum atomic E-state index is 13.5. The van der Waals surface area contributed by atoms with Crippen LogP contribution in [0.25, 0.3) is 0 Å². The highest BCUT2D eigenvalue weighted by Gasteiger charge is 2.21. The van der Waals surface area contributed by atoms with Gasteiger partial charge in [-0.25, -0.2) is 4.39 Å². The van der Waals surface area contributed by atoms with Gasteiger partial charge in [-0.2, -0.15) is 0 Å². The zero-order chi connectivity index (χ0) is 10.8. The van der Waals surface area contributed by atoms with Crippen molar-refractivity contribution in [2.24, 2.45) is 0 Å². The number of rotatable bonds is 1. The molecule has 0 aromatic heterocycles. The number of carbonyl (C=O) groups excluding carboxylic acids is 1. The number of hydrogen-bond donors (Lipinski definition) is 0. The third kappa shape index (κ3) is 2.01. The van der Waals surface area contributed by atoms with E-state index >= 15 is 0 Å². The van der Waals surface area contributed by atoms with Gasteiger partial charge >= 0.3 is 0 Å². The third-order valence-electron chi connectivity index (χ3n) is 2.75. The summed E-state index contributed by atoms with van der Waals surface area (Å²) in [6, 6.07) is 4.75. The summed E-state index contributed by atoms with van der Waals surface area (Å²) in [5.74, 6) is -0.586. The SMILES string of the molecule is Cc1ccc(C(=O)N2CCCC2)c(F)c1. The van der Waals surface area contributed by atoms with Crippen LogP contribution in [0, 0.1) is 12.7 Å². The van der Waals surface area contributed by atoms with Gasteiger partial charge in [0.05, 0.1) is 5.56 Å². The van der Waals surface area contributed by atoms with Gasteiger partial charge in [-0.05, 0) is 37.5 Å². The molecule has 1 fully saturated rings. The highest BCUT2D eigenvalue weighted by molar-refractivity contribution is 5.94. The average molecular weight is 207 g/mol. The normalized spacial score (nSPS) is 15.7. The second-order valence-corrected chi connectivity index (χ2v) is 3.98. The summed E-state index contributed by atoms with van der Waals surface area (Å²) < 4.78 is 13.5. The van der Waals surface area contributed by atoms with E-state index in [1.54, 1.807) is 17.0 Å². The Morgan fingerprint density at radius 1 is 1.33 bits per heavy atom. The summed E-state index contributed by atoms with van der Waals surface area (Å²) in [4.78, 5) is 13.6. The van der Waals surface area contributed by atoms with Gasteiger partial charge in [-0.1, -0.05) is 6.07 Å². The Labute approximate surface area is 88.7 Å². The number of likely N-dealkylation sites (tertiary alicyclic amines) is 1. The fraction of sp³-hybridized carbons (Fsp3) is 0.417. The molecule has 0 radical (unpaired) electrons. The molecule has 15 heavy (non-hydrogen) atoms. The summed E-state index contributed by atoms with van der Waals surface area (Å²) in [5.41, 5.74) is 1.04. The van der Waals surface area contributed by atoms with Gasteiger partial charge in [0.2, 0.25) is 0 Å². The van der Waals surface area contributed by atoms with Gasteiger partial charge in [0.1, 0.15) is 5.82 Å². The lowest BCUT2D eigenvalue weighted by Gasteiger charge is -2.15. The Morgan fingerprint density at radius 3 is 2.60 bits per heavy atom. The molecule has 0 aliphatic carbocycles. The molecule has 1 aromatic carbocycles. The molecule has 1 amide bonds. The molecule has 80 valence electrons. The van der Waals surface area contributed by atoms with Crippen LogP contribution in [0.2, 0.25) is 0 Å². The van der Waals surface area contributed by atoms with Gasteiger partial charge in [0, 0.05) is 13.1 Å². The van der Waals surface area contributed by atoms with Gasteiger partial charge in [0.15, 0.2) is 0 Å². The fourth-order valence-corrected chi connectivity index (χ4v) is 1.88. The maximum absolute atomic E-state index is 13.5. The molecular formula is C12H14FNO. The van der Waals surface area contributed by atoms with Crippen LogP contribution >= 0.6 is 0 Å². The number of nitrogens with zero attached hydrogens (tertiary/aromatic N) is 1. The second kappa shape index (κ2) is 4.01. The third-order valence-corrected chi connectivity index (χ3v) is 2.75. The lowest BCUT2D eigenvalue weighted by Crippen LogP contribution is -2.28. The van der Waals surface area contributed by atoms with Crippen molar-refractivity contribution in [1.82, 2.24) is 4.90 Å². The number of carbonyl (C=O) groups is 1. The van der Waals surface area contributed by atoms with Crippen LogP contribution in [-0.4, -0.2) is 23.9 Å². The molecule has 3 heteroatoms. The first-order chi connectivity index (χ1) is 7.18. The van der Waals surface area contributed by atoms with E-state index in [1.807, 2.05) is 6.92 Å². The molecular weight excluding hydrogens is 193 g/mol. The molecule has 1 saturated heterocycles. The Bertz CT molecular complexity index is 383. The summed E-state index contributed by atoms with van der Waals surface area (Å²) in [5, 5.41) is 0. The van der Waals surface area contributed by atoms with E-state index in [9.17, 15) is 9.18 Å². The fourth-order valence-electron chi connectivity index (χ4n) is 1.88. The van der Waals surface area contributed by atoms with Crippen molar-refractivity contribution in [2.75, 3.05) is 13.1 Å². The molecule has 0 spiro atoms. The largest absolute Gasteiger partial charge is 0.339 e. The average Bonchev–Trinajstić information content (AvgIpc) is 2.69. The summed E-state index contributed by atoms with van der Waals surface area (Å²) in [7, 11) is 0. The molecule has 0 bridgehead atoms. The van der Waals surface area contributed by atoms with Crippen molar-refractivity contribution >= 4 is 5.91 Å². The van der Waals surface area contributed by atoms with Crippen LogP contribution in [-0.2, 0) is 0 Å². The van der Waals surface area contributed by atoms with E-state index in [2.05, 4.69) is 0 Å². The molecule has 1 heterocycles. The van der Waals surface area contributed by atoms with Crippen molar-refractivity contribution in [3.63, 3.8) is 0 Å². The van der Waals surface area contributed by atoms with Gasteiger partial charge < -0.3 is 4.90 Å². The van der Waals surface area contributed by atoms with Gasteiger partial charge in [-0.15, -0.1) is 0 Å². The predicted octanol–water partition coefficient (Wildman–Crippen LogP) is 2.37. The first-order valence-corrected chi connectivity index (χ1v) is 5.24. The smallest absolute Gasteiger partial charge is 0.256 e. The van der Waals surface area contributed by atoms with Crippen molar-refractivity contribution < 1.29 is 9.18 Å². The van der Waals surface area contributed by atoms with Crippen molar-refractivity contribution in [1.29, 1.82) is 0 Å². The zero-order valence-electron chi connectivity index (χ0n) is 8.79. The van der Waals surface area contributed by atoms with Gasteiger partial charge in [0.25, 0.3) is 5.91 Å².